The van der Waals surface area contributed by atoms with E-state index in [1.807, 2.05) is 0 Å². The van der Waals surface area contributed by atoms with Gasteiger partial charge in [-0.2, -0.15) is 0 Å². The molecule has 3 spiro atoms. The van der Waals surface area contributed by atoms with Crippen LogP contribution < -0.4 is 0 Å². The molecule has 23 heavy (non-hydrogen) atoms. The number of ether oxygens (including phenoxy) is 3. The zero-order valence-corrected chi connectivity index (χ0v) is 15.8. The molecule has 130 valence electrons. The maximum absolute atomic E-state index is 6.55. The lowest BCUT2D eigenvalue weighted by Crippen LogP contribution is -2.70. The molecule has 4 rings (SSSR count). The Morgan fingerprint density at radius 1 is 0.913 bits per heavy atom. The minimum atomic E-state index is -1.70. The van der Waals surface area contributed by atoms with E-state index in [2.05, 4.69) is 25.7 Å². The van der Waals surface area contributed by atoms with Gasteiger partial charge in [0.1, 0.15) is 17.0 Å². The van der Waals surface area contributed by atoms with Crippen LogP contribution >= 0.6 is 0 Å². The van der Waals surface area contributed by atoms with Crippen molar-refractivity contribution >= 4 is 8.32 Å². The lowest BCUT2D eigenvalue weighted by atomic mass is 9.61. The summed E-state index contributed by atoms with van der Waals surface area (Å²) in [6.45, 7) is 9.20. The second kappa shape index (κ2) is 5.32. The average Bonchev–Trinajstić information content (AvgIpc) is 3.20. The van der Waals surface area contributed by atoms with E-state index < -0.39 is 13.9 Å². The van der Waals surface area contributed by atoms with Crippen LogP contribution in [-0.4, -0.2) is 44.9 Å². The van der Waals surface area contributed by atoms with E-state index in [0.29, 0.717) is 0 Å². The number of rotatable bonds is 2. The van der Waals surface area contributed by atoms with Crippen molar-refractivity contribution in [1.29, 1.82) is 0 Å². The highest BCUT2D eigenvalue weighted by atomic mass is 28.4. The molecule has 1 aliphatic carbocycles. The van der Waals surface area contributed by atoms with Crippen molar-refractivity contribution in [3.63, 3.8) is 0 Å². The van der Waals surface area contributed by atoms with Gasteiger partial charge in [-0.1, -0.05) is 0 Å². The second-order valence-corrected chi connectivity index (χ2v) is 12.9. The highest BCUT2D eigenvalue weighted by Gasteiger charge is 2.72. The highest BCUT2D eigenvalue weighted by molar-refractivity contribution is 6.70. The molecular formula is C18H30O4Si. The van der Waals surface area contributed by atoms with E-state index in [1.54, 1.807) is 0 Å². The fraction of sp³-hybridized carbons (Fsp3) is 0.889. The fourth-order valence-corrected chi connectivity index (χ4v) is 6.16. The first kappa shape index (κ1) is 16.1. The Morgan fingerprint density at radius 2 is 1.61 bits per heavy atom. The topological polar surface area (TPSA) is 36.9 Å². The maximum atomic E-state index is 6.55. The van der Waals surface area contributed by atoms with Crippen molar-refractivity contribution in [1.82, 2.24) is 0 Å². The van der Waals surface area contributed by atoms with Gasteiger partial charge in [0, 0.05) is 26.2 Å². The number of fused-ring (bicyclic) bond motifs is 2. The van der Waals surface area contributed by atoms with Gasteiger partial charge in [0.15, 0.2) is 5.60 Å². The van der Waals surface area contributed by atoms with Gasteiger partial charge in [-0.25, -0.2) is 0 Å². The minimum Gasteiger partial charge on any atom is -0.545 e. The SMILES string of the molecule is C[Si](C)(C)OC1=CC[C@]2(CCCO2)[C@@]2(CCCO2)[C@@]12CCCO2. The summed E-state index contributed by atoms with van der Waals surface area (Å²) in [6.07, 6.45) is 9.58. The molecule has 0 saturated carbocycles. The molecule has 3 aliphatic heterocycles. The largest absolute Gasteiger partial charge is 0.545 e. The summed E-state index contributed by atoms with van der Waals surface area (Å²) in [4.78, 5) is 0. The van der Waals surface area contributed by atoms with E-state index in [0.717, 1.165) is 70.5 Å². The molecule has 0 unspecified atom stereocenters. The van der Waals surface area contributed by atoms with Crippen LogP contribution in [0, 0.1) is 0 Å². The summed E-state index contributed by atoms with van der Waals surface area (Å²) in [7, 11) is -1.70. The van der Waals surface area contributed by atoms with Crippen molar-refractivity contribution < 1.29 is 18.6 Å². The lowest BCUT2D eigenvalue weighted by Gasteiger charge is -2.57. The van der Waals surface area contributed by atoms with Gasteiger partial charge in [0.25, 0.3) is 0 Å². The zero-order chi connectivity index (χ0) is 16.2. The third kappa shape index (κ3) is 2.20. The summed E-state index contributed by atoms with van der Waals surface area (Å²) in [5.74, 6) is 1.05. The quantitative estimate of drug-likeness (QED) is 0.718. The average molecular weight is 339 g/mol. The molecule has 0 radical (unpaired) electrons. The molecule has 0 aromatic rings. The van der Waals surface area contributed by atoms with Crippen molar-refractivity contribution in [3.8, 4) is 0 Å². The second-order valence-electron chi connectivity index (χ2n) is 8.49. The fourth-order valence-electron chi connectivity index (χ4n) is 5.26. The number of hydrogen-bond donors (Lipinski definition) is 0. The summed E-state index contributed by atoms with van der Waals surface area (Å²) in [6, 6.07) is 0. The molecule has 0 aromatic carbocycles. The van der Waals surface area contributed by atoms with Crippen LogP contribution in [0.3, 0.4) is 0 Å². The summed E-state index contributed by atoms with van der Waals surface area (Å²) >= 11 is 0. The lowest BCUT2D eigenvalue weighted by molar-refractivity contribution is -0.256. The van der Waals surface area contributed by atoms with Crippen LogP contribution in [-0.2, 0) is 18.6 Å². The first-order chi connectivity index (χ1) is 10.9. The minimum absolute atomic E-state index is 0.208. The van der Waals surface area contributed by atoms with Gasteiger partial charge >= 0.3 is 0 Å². The predicted octanol–water partition coefficient (Wildman–Crippen LogP) is 3.77. The molecule has 0 amide bonds. The molecule has 0 N–H and O–H groups in total. The van der Waals surface area contributed by atoms with E-state index in [-0.39, 0.29) is 11.2 Å². The normalized spacial score (nSPS) is 43.7. The predicted molar refractivity (Wildman–Crippen MR) is 90.9 cm³/mol. The molecule has 0 bridgehead atoms. The molecule has 4 aliphatic rings. The summed E-state index contributed by atoms with van der Waals surface area (Å²) < 4.78 is 26.0. The molecular weight excluding hydrogens is 308 g/mol. The standard InChI is InChI=1S/C18H30O4Si/c1-23(2,3)22-15-7-11-16(8-4-12-19-16)18(10-6-14-21-18)17(15)9-5-13-20-17/h7H,4-6,8-14H2,1-3H3/t16-,17-,18+/m1/s1. The first-order valence-electron chi connectivity index (χ1n) is 9.25. The zero-order valence-electron chi connectivity index (χ0n) is 14.8. The maximum Gasteiger partial charge on any atom is 0.241 e. The van der Waals surface area contributed by atoms with Crippen LogP contribution in [0.1, 0.15) is 44.9 Å². The Balaban J connectivity index is 1.82. The molecule has 3 saturated heterocycles. The molecule has 3 atom stereocenters. The Morgan fingerprint density at radius 3 is 2.17 bits per heavy atom. The Bertz CT molecular complexity index is 490. The van der Waals surface area contributed by atoms with Gasteiger partial charge < -0.3 is 18.6 Å². The van der Waals surface area contributed by atoms with Crippen LogP contribution in [0.5, 0.6) is 0 Å². The van der Waals surface area contributed by atoms with Crippen molar-refractivity contribution in [2.45, 2.75) is 81.4 Å². The van der Waals surface area contributed by atoms with Crippen LogP contribution in [0.15, 0.2) is 11.8 Å². The van der Waals surface area contributed by atoms with Gasteiger partial charge in [-0.3, -0.25) is 0 Å². The smallest absolute Gasteiger partial charge is 0.241 e. The van der Waals surface area contributed by atoms with Crippen molar-refractivity contribution in [2.75, 3.05) is 19.8 Å². The van der Waals surface area contributed by atoms with Crippen LogP contribution in [0.25, 0.3) is 0 Å². The Kier molecular flexibility index (Phi) is 3.73. The van der Waals surface area contributed by atoms with Crippen LogP contribution in [0.2, 0.25) is 19.6 Å². The summed E-state index contributed by atoms with van der Waals surface area (Å²) in [5, 5.41) is 0. The molecule has 0 aromatic heterocycles. The van der Waals surface area contributed by atoms with Crippen molar-refractivity contribution in [2.24, 2.45) is 0 Å². The van der Waals surface area contributed by atoms with E-state index in [9.17, 15) is 0 Å². The third-order valence-corrected chi connectivity index (χ3v) is 6.80. The first-order valence-corrected chi connectivity index (χ1v) is 12.7. The molecule has 3 fully saturated rings. The monoisotopic (exact) mass is 338 g/mol. The van der Waals surface area contributed by atoms with E-state index >= 15 is 0 Å². The van der Waals surface area contributed by atoms with Crippen LogP contribution in [0.4, 0.5) is 0 Å². The van der Waals surface area contributed by atoms with E-state index in [1.165, 1.54) is 0 Å². The number of hydrogen-bond acceptors (Lipinski definition) is 4. The Labute approximate surface area is 140 Å². The molecule has 5 heteroatoms. The van der Waals surface area contributed by atoms with Gasteiger partial charge in [-0.05, 0) is 64.2 Å². The molecule has 4 nitrogen and oxygen atoms in total. The van der Waals surface area contributed by atoms with Gasteiger partial charge in [0.05, 0.1) is 0 Å². The van der Waals surface area contributed by atoms with E-state index in [4.69, 9.17) is 18.6 Å². The Hall–Kier alpha value is -0.363. The van der Waals surface area contributed by atoms with Crippen molar-refractivity contribution in [3.05, 3.63) is 11.8 Å². The third-order valence-electron chi connectivity index (χ3n) is 5.97. The molecule has 3 heterocycles. The highest BCUT2D eigenvalue weighted by Crippen LogP contribution is 2.61. The van der Waals surface area contributed by atoms with Gasteiger partial charge in [-0.15, -0.1) is 0 Å². The van der Waals surface area contributed by atoms with Gasteiger partial charge in [0.2, 0.25) is 8.32 Å². The summed E-state index contributed by atoms with van der Waals surface area (Å²) in [5.41, 5.74) is -0.983.